The molecule has 21 heavy (non-hydrogen) atoms. The molecular formula is C17H36N4. The first kappa shape index (κ1) is 17.2. The Morgan fingerprint density at radius 3 is 1.81 bits per heavy atom. The van der Waals surface area contributed by atoms with E-state index in [1.807, 2.05) is 0 Å². The fraction of sp³-hybridized carbons (Fsp3) is 1.00. The normalized spacial score (nSPS) is 32.4. The van der Waals surface area contributed by atoms with Gasteiger partial charge in [-0.2, -0.15) is 0 Å². The lowest BCUT2D eigenvalue weighted by atomic mass is 9.61. The zero-order chi connectivity index (χ0) is 15.6. The van der Waals surface area contributed by atoms with Crippen molar-refractivity contribution >= 4 is 0 Å². The number of rotatable bonds is 6. The first-order valence-electron chi connectivity index (χ1n) is 8.85. The van der Waals surface area contributed by atoms with Gasteiger partial charge in [0.2, 0.25) is 0 Å². The van der Waals surface area contributed by atoms with Gasteiger partial charge in [0, 0.05) is 6.42 Å². The fourth-order valence-corrected chi connectivity index (χ4v) is 4.88. The molecule has 0 aromatic rings. The van der Waals surface area contributed by atoms with Crippen LogP contribution >= 0.6 is 0 Å². The predicted molar refractivity (Wildman–Crippen MR) is 90.3 cm³/mol. The Hall–Kier alpha value is -0.160. The Bertz CT molecular complexity index is 308. The van der Waals surface area contributed by atoms with Crippen LogP contribution in [0, 0.1) is 5.41 Å². The Morgan fingerprint density at radius 1 is 0.810 bits per heavy atom. The van der Waals surface area contributed by atoms with Gasteiger partial charge in [0.1, 0.15) is 0 Å². The van der Waals surface area contributed by atoms with Gasteiger partial charge in [-0.05, 0) is 65.3 Å². The molecule has 1 aliphatic carbocycles. The van der Waals surface area contributed by atoms with Crippen molar-refractivity contribution in [2.45, 2.75) is 70.1 Å². The van der Waals surface area contributed by atoms with E-state index in [1.54, 1.807) is 0 Å². The maximum absolute atomic E-state index is 3.75. The van der Waals surface area contributed by atoms with Gasteiger partial charge in [0.15, 0.2) is 0 Å². The summed E-state index contributed by atoms with van der Waals surface area (Å²) in [6.45, 7) is 7.23. The van der Waals surface area contributed by atoms with E-state index in [4.69, 9.17) is 0 Å². The van der Waals surface area contributed by atoms with E-state index >= 15 is 0 Å². The highest BCUT2D eigenvalue weighted by Crippen LogP contribution is 2.50. The quantitative estimate of drug-likeness (QED) is 0.657. The first-order chi connectivity index (χ1) is 10.0. The average molecular weight is 297 g/mol. The zero-order valence-electron chi connectivity index (χ0n) is 14.8. The van der Waals surface area contributed by atoms with E-state index in [2.05, 4.69) is 55.8 Å². The van der Waals surface area contributed by atoms with Crippen LogP contribution in [-0.2, 0) is 0 Å². The van der Waals surface area contributed by atoms with Gasteiger partial charge in [-0.25, -0.2) is 0 Å². The van der Waals surface area contributed by atoms with Crippen molar-refractivity contribution < 1.29 is 0 Å². The maximum Gasteiger partial charge on any atom is 0.0746 e. The number of nitrogens with one attached hydrogen (secondary N) is 3. The molecule has 0 amide bonds. The van der Waals surface area contributed by atoms with Crippen LogP contribution in [0.15, 0.2) is 0 Å². The molecule has 0 radical (unpaired) electrons. The van der Waals surface area contributed by atoms with Gasteiger partial charge < -0.3 is 16.0 Å². The van der Waals surface area contributed by atoms with Gasteiger partial charge in [0.25, 0.3) is 0 Å². The van der Waals surface area contributed by atoms with Crippen LogP contribution in [0.25, 0.3) is 0 Å². The molecule has 0 aromatic carbocycles. The Morgan fingerprint density at radius 2 is 1.38 bits per heavy atom. The zero-order valence-corrected chi connectivity index (χ0v) is 14.8. The molecule has 1 saturated heterocycles. The van der Waals surface area contributed by atoms with Gasteiger partial charge in [-0.3, -0.25) is 4.90 Å². The maximum atomic E-state index is 3.75. The van der Waals surface area contributed by atoms with Gasteiger partial charge in [-0.15, -0.1) is 0 Å². The Balaban J connectivity index is 2.38. The molecule has 1 aliphatic heterocycles. The van der Waals surface area contributed by atoms with Crippen molar-refractivity contribution in [1.29, 1.82) is 0 Å². The summed E-state index contributed by atoms with van der Waals surface area (Å²) in [7, 11) is 6.39. The summed E-state index contributed by atoms with van der Waals surface area (Å²) in [6.07, 6.45) is 8.83. The topological polar surface area (TPSA) is 39.3 Å². The minimum absolute atomic E-state index is 0.0376. The second-order valence-corrected chi connectivity index (χ2v) is 7.30. The largest absolute Gasteiger partial charge is 0.302 e. The molecule has 2 fully saturated rings. The molecule has 1 unspecified atom stereocenters. The van der Waals surface area contributed by atoms with Crippen LogP contribution in [0.5, 0.6) is 0 Å². The lowest BCUT2D eigenvalue weighted by molar-refractivity contribution is -0.0697. The monoisotopic (exact) mass is 296 g/mol. The van der Waals surface area contributed by atoms with E-state index in [0.717, 1.165) is 6.42 Å². The minimum atomic E-state index is 0.0376. The van der Waals surface area contributed by atoms with E-state index in [9.17, 15) is 0 Å². The highest BCUT2D eigenvalue weighted by atomic mass is 15.3. The lowest BCUT2D eigenvalue weighted by Crippen LogP contribution is -2.72. The van der Waals surface area contributed by atoms with Crippen LogP contribution in [0.1, 0.15) is 58.8 Å². The van der Waals surface area contributed by atoms with E-state index in [0.29, 0.717) is 5.41 Å². The van der Waals surface area contributed by atoms with Crippen molar-refractivity contribution in [2.24, 2.45) is 5.41 Å². The second kappa shape index (κ2) is 6.53. The lowest BCUT2D eigenvalue weighted by Gasteiger charge is -2.59. The molecule has 4 nitrogen and oxygen atoms in total. The number of hydrogen-bond donors (Lipinski definition) is 3. The third-order valence-corrected chi connectivity index (χ3v) is 6.57. The number of hydrogen-bond acceptors (Lipinski definition) is 4. The molecule has 0 aromatic heterocycles. The molecule has 1 saturated carbocycles. The van der Waals surface area contributed by atoms with Gasteiger partial charge in [-0.1, -0.05) is 26.7 Å². The smallest absolute Gasteiger partial charge is 0.0746 e. The summed E-state index contributed by atoms with van der Waals surface area (Å²) in [5.41, 5.74) is 0.582. The third-order valence-electron chi connectivity index (χ3n) is 6.57. The molecule has 1 heterocycles. The average Bonchev–Trinajstić information content (AvgIpc) is 3.09. The molecule has 1 atom stereocenters. The summed E-state index contributed by atoms with van der Waals surface area (Å²) in [4.78, 5) is 2.72. The third kappa shape index (κ3) is 3.00. The molecular weight excluding hydrogens is 260 g/mol. The SMILES string of the molecule is CCC1(CC)CC(NC)(NC)CC(NC)(N2CCCC2)C1. The molecule has 2 rings (SSSR count). The fourth-order valence-electron chi connectivity index (χ4n) is 4.88. The van der Waals surface area contributed by atoms with E-state index in [-0.39, 0.29) is 11.3 Å². The number of nitrogens with zero attached hydrogens (tertiary/aromatic N) is 1. The van der Waals surface area contributed by atoms with Gasteiger partial charge in [0.05, 0.1) is 11.3 Å². The van der Waals surface area contributed by atoms with E-state index in [1.165, 1.54) is 51.6 Å². The van der Waals surface area contributed by atoms with Crippen molar-refractivity contribution in [3.05, 3.63) is 0 Å². The standard InChI is InChI=1S/C17H36N4/c1-6-15(7-2)12-16(18-3,19-4)14-17(13-15,20-5)21-10-8-9-11-21/h18-20H,6-14H2,1-5H3. The molecule has 124 valence electrons. The van der Waals surface area contributed by atoms with Crippen LogP contribution < -0.4 is 16.0 Å². The van der Waals surface area contributed by atoms with Crippen molar-refractivity contribution in [1.82, 2.24) is 20.9 Å². The predicted octanol–water partition coefficient (Wildman–Crippen LogP) is 2.12. The molecule has 3 N–H and O–H groups in total. The Labute approximate surface area is 131 Å². The van der Waals surface area contributed by atoms with Crippen molar-refractivity contribution in [3.63, 3.8) is 0 Å². The summed E-state index contributed by atoms with van der Waals surface area (Å²) < 4.78 is 0. The second-order valence-electron chi connectivity index (χ2n) is 7.30. The summed E-state index contributed by atoms with van der Waals surface area (Å²) in [6, 6.07) is 0. The summed E-state index contributed by atoms with van der Waals surface area (Å²) in [5, 5.41) is 11.0. The van der Waals surface area contributed by atoms with Gasteiger partial charge >= 0.3 is 0 Å². The van der Waals surface area contributed by atoms with Crippen LogP contribution in [0.3, 0.4) is 0 Å². The Kier molecular flexibility index (Phi) is 5.35. The van der Waals surface area contributed by atoms with Crippen molar-refractivity contribution in [2.75, 3.05) is 34.2 Å². The molecule has 4 heteroatoms. The van der Waals surface area contributed by atoms with Crippen molar-refractivity contribution in [3.8, 4) is 0 Å². The van der Waals surface area contributed by atoms with Crippen LogP contribution in [0.2, 0.25) is 0 Å². The highest BCUT2D eigenvalue weighted by molar-refractivity contribution is 5.08. The summed E-state index contributed by atoms with van der Waals surface area (Å²) >= 11 is 0. The van der Waals surface area contributed by atoms with Crippen LogP contribution in [-0.4, -0.2) is 50.5 Å². The van der Waals surface area contributed by atoms with Crippen LogP contribution in [0.4, 0.5) is 0 Å². The van der Waals surface area contributed by atoms with E-state index < -0.39 is 0 Å². The molecule has 0 bridgehead atoms. The summed E-state index contributed by atoms with van der Waals surface area (Å²) in [5.74, 6) is 0. The first-order valence-corrected chi connectivity index (χ1v) is 8.85. The molecule has 2 aliphatic rings. The molecule has 0 spiro atoms. The minimum Gasteiger partial charge on any atom is -0.302 e. The number of likely N-dealkylation sites (tertiary alicyclic amines) is 1. The highest BCUT2D eigenvalue weighted by Gasteiger charge is 2.54.